The van der Waals surface area contributed by atoms with Gasteiger partial charge in [-0.2, -0.15) is 0 Å². The molecule has 160 valence electrons. The Labute approximate surface area is 176 Å². The summed E-state index contributed by atoms with van der Waals surface area (Å²) in [4.78, 5) is 26.1. The molecule has 1 aliphatic heterocycles. The number of amides is 2. The normalized spacial score (nSPS) is 13.9. The largest absolute Gasteiger partial charge is 0.492 e. The lowest BCUT2D eigenvalue weighted by Gasteiger charge is -2.24. The summed E-state index contributed by atoms with van der Waals surface area (Å²) in [5.74, 6) is -0.0156. The van der Waals surface area contributed by atoms with E-state index in [1.807, 2.05) is 0 Å². The fraction of sp³-hybridized carbons (Fsp3) is 0.333. The molecule has 1 fully saturated rings. The van der Waals surface area contributed by atoms with E-state index in [9.17, 15) is 18.0 Å². The summed E-state index contributed by atoms with van der Waals surface area (Å²) in [7, 11) is -3.72. The van der Waals surface area contributed by atoms with E-state index >= 15 is 0 Å². The molecule has 0 unspecified atom stereocenters. The topological polar surface area (TPSA) is 96.0 Å². The lowest BCUT2D eigenvalue weighted by atomic mass is 10.2. The van der Waals surface area contributed by atoms with Crippen LogP contribution < -0.4 is 19.3 Å². The lowest BCUT2D eigenvalue weighted by molar-refractivity contribution is -0.117. The number of nitrogens with zero attached hydrogens (tertiary/aromatic N) is 2. The number of hydrogen-bond donors (Lipinski definition) is 1. The Hall–Kier alpha value is -3.07. The third kappa shape index (κ3) is 5.10. The SMILES string of the molecule is CCOc1ccccc1N(CC(=O)Nc1ccc(N2CCCC2=O)cc1)S(C)(=O)=O. The van der Waals surface area contributed by atoms with Crippen LogP contribution in [-0.2, 0) is 19.6 Å². The molecule has 2 aromatic rings. The maximum absolute atomic E-state index is 12.6. The minimum atomic E-state index is -3.72. The second-order valence-corrected chi connectivity index (χ2v) is 8.82. The molecule has 3 rings (SSSR count). The van der Waals surface area contributed by atoms with Crippen molar-refractivity contribution in [2.24, 2.45) is 0 Å². The van der Waals surface area contributed by atoms with E-state index in [-0.39, 0.29) is 5.91 Å². The van der Waals surface area contributed by atoms with E-state index in [0.29, 0.717) is 36.7 Å². The van der Waals surface area contributed by atoms with Gasteiger partial charge in [-0.05, 0) is 49.7 Å². The number of carbonyl (C=O) groups is 2. The zero-order valence-electron chi connectivity index (χ0n) is 17.0. The third-order valence-corrected chi connectivity index (χ3v) is 5.78. The molecule has 2 aromatic carbocycles. The van der Waals surface area contributed by atoms with Crippen molar-refractivity contribution in [2.75, 3.05) is 40.5 Å². The standard InChI is InChI=1S/C21H25N3O5S/c1-3-29-19-8-5-4-7-18(19)24(30(2,27)28)15-20(25)22-16-10-12-17(13-11-16)23-14-6-9-21(23)26/h4-5,7-8,10-13H,3,6,9,14-15H2,1-2H3,(H,22,25). The maximum Gasteiger partial charge on any atom is 0.245 e. The fourth-order valence-corrected chi connectivity index (χ4v) is 4.16. The van der Waals surface area contributed by atoms with Gasteiger partial charge in [0.2, 0.25) is 21.8 Å². The van der Waals surface area contributed by atoms with E-state index in [0.717, 1.165) is 22.7 Å². The first kappa shape index (κ1) is 21.6. The molecule has 0 atom stereocenters. The zero-order chi connectivity index (χ0) is 21.7. The van der Waals surface area contributed by atoms with Gasteiger partial charge in [0, 0.05) is 24.3 Å². The molecule has 0 spiro atoms. The highest BCUT2D eigenvalue weighted by molar-refractivity contribution is 7.92. The molecule has 1 N–H and O–H groups in total. The first-order valence-corrected chi connectivity index (χ1v) is 11.5. The molecule has 9 heteroatoms. The molecule has 0 aromatic heterocycles. The highest BCUT2D eigenvalue weighted by Crippen LogP contribution is 2.30. The van der Waals surface area contributed by atoms with Crippen LogP contribution in [0, 0.1) is 0 Å². The number of para-hydroxylation sites is 2. The lowest BCUT2D eigenvalue weighted by Crippen LogP contribution is -2.37. The van der Waals surface area contributed by atoms with E-state index in [4.69, 9.17) is 4.74 Å². The molecule has 1 heterocycles. The molecule has 0 saturated carbocycles. The molecular formula is C21H25N3O5S. The number of nitrogens with one attached hydrogen (secondary N) is 1. The van der Waals surface area contributed by atoms with Crippen molar-refractivity contribution in [2.45, 2.75) is 19.8 Å². The van der Waals surface area contributed by atoms with E-state index < -0.39 is 22.5 Å². The van der Waals surface area contributed by atoms with Gasteiger partial charge in [-0.15, -0.1) is 0 Å². The van der Waals surface area contributed by atoms with Gasteiger partial charge in [-0.1, -0.05) is 12.1 Å². The van der Waals surface area contributed by atoms with Crippen LogP contribution >= 0.6 is 0 Å². The number of hydrogen-bond acceptors (Lipinski definition) is 5. The van der Waals surface area contributed by atoms with Crippen LogP contribution in [0.4, 0.5) is 17.1 Å². The third-order valence-electron chi connectivity index (χ3n) is 4.66. The number of anilines is 3. The number of benzene rings is 2. The Kier molecular flexibility index (Phi) is 6.61. The predicted molar refractivity (Wildman–Crippen MR) is 116 cm³/mol. The number of ether oxygens (including phenoxy) is 1. The molecule has 0 bridgehead atoms. The molecule has 0 aliphatic carbocycles. The smallest absolute Gasteiger partial charge is 0.245 e. The Bertz CT molecular complexity index is 1020. The average Bonchev–Trinajstić information content (AvgIpc) is 3.13. The second-order valence-electron chi connectivity index (χ2n) is 6.91. The van der Waals surface area contributed by atoms with Gasteiger partial charge in [-0.3, -0.25) is 13.9 Å². The van der Waals surface area contributed by atoms with Crippen molar-refractivity contribution in [1.82, 2.24) is 0 Å². The monoisotopic (exact) mass is 431 g/mol. The van der Waals surface area contributed by atoms with Gasteiger partial charge in [0.15, 0.2) is 0 Å². The Morgan fingerprint density at radius 3 is 2.47 bits per heavy atom. The van der Waals surface area contributed by atoms with Crippen LogP contribution in [0.1, 0.15) is 19.8 Å². The molecule has 1 aliphatic rings. The van der Waals surface area contributed by atoms with E-state index in [1.54, 1.807) is 60.4 Å². The van der Waals surface area contributed by atoms with Gasteiger partial charge in [0.05, 0.1) is 18.6 Å². The number of sulfonamides is 1. The van der Waals surface area contributed by atoms with Crippen molar-refractivity contribution in [3.8, 4) is 5.75 Å². The van der Waals surface area contributed by atoms with Crippen LogP contribution in [0.2, 0.25) is 0 Å². The summed E-state index contributed by atoms with van der Waals surface area (Å²) in [5.41, 5.74) is 1.60. The van der Waals surface area contributed by atoms with Gasteiger partial charge in [0.25, 0.3) is 0 Å². The van der Waals surface area contributed by atoms with Gasteiger partial charge >= 0.3 is 0 Å². The average molecular weight is 432 g/mol. The number of carbonyl (C=O) groups excluding carboxylic acids is 2. The minimum Gasteiger partial charge on any atom is -0.492 e. The van der Waals surface area contributed by atoms with Crippen molar-refractivity contribution in [3.05, 3.63) is 48.5 Å². The minimum absolute atomic E-state index is 0.0866. The van der Waals surface area contributed by atoms with E-state index in [1.165, 1.54) is 0 Å². The summed E-state index contributed by atoms with van der Waals surface area (Å²) in [6.45, 7) is 2.46. The van der Waals surface area contributed by atoms with Crippen LogP contribution in [-0.4, -0.2) is 46.2 Å². The zero-order valence-corrected chi connectivity index (χ0v) is 17.8. The summed E-state index contributed by atoms with van der Waals surface area (Å²) < 4.78 is 31.2. The predicted octanol–water partition coefficient (Wildman–Crippen LogP) is 2.62. The summed E-state index contributed by atoms with van der Waals surface area (Å²) in [6.07, 6.45) is 2.43. The molecule has 1 saturated heterocycles. The van der Waals surface area contributed by atoms with Gasteiger partial charge < -0.3 is 15.0 Å². The highest BCUT2D eigenvalue weighted by atomic mass is 32.2. The Morgan fingerprint density at radius 2 is 1.87 bits per heavy atom. The number of rotatable bonds is 8. The second kappa shape index (κ2) is 9.17. The van der Waals surface area contributed by atoms with Crippen LogP contribution in [0.15, 0.2) is 48.5 Å². The Balaban J connectivity index is 1.73. The van der Waals surface area contributed by atoms with Crippen molar-refractivity contribution in [1.29, 1.82) is 0 Å². The van der Waals surface area contributed by atoms with Crippen molar-refractivity contribution in [3.63, 3.8) is 0 Å². The quantitative estimate of drug-likeness (QED) is 0.693. The first-order valence-electron chi connectivity index (χ1n) is 9.69. The molecule has 2 amide bonds. The molecule has 0 radical (unpaired) electrons. The summed E-state index contributed by atoms with van der Waals surface area (Å²) in [6, 6.07) is 13.6. The van der Waals surface area contributed by atoms with Crippen LogP contribution in [0.25, 0.3) is 0 Å². The highest BCUT2D eigenvalue weighted by Gasteiger charge is 2.24. The Morgan fingerprint density at radius 1 is 1.17 bits per heavy atom. The fourth-order valence-electron chi connectivity index (χ4n) is 3.30. The summed E-state index contributed by atoms with van der Waals surface area (Å²) in [5, 5.41) is 2.71. The molecule has 8 nitrogen and oxygen atoms in total. The first-order chi connectivity index (χ1) is 14.3. The van der Waals surface area contributed by atoms with Crippen molar-refractivity contribution < 1.29 is 22.7 Å². The van der Waals surface area contributed by atoms with Crippen LogP contribution in [0.3, 0.4) is 0 Å². The maximum atomic E-state index is 12.6. The molecule has 30 heavy (non-hydrogen) atoms. The van der Waals surface area contributed by atoms with Crippen molar-refractivity contribution >= 4 is 38.9 Å². The van der Waals surface area contributed by atoms with Crippen LogP contribution in [0.5, 0.6) is 5.75 Å². The van der Waals surface area contributed by atoms with E-state index in [2.05, 4.69) is 5.32 Å². The van der Waals surface area contributed by atoms with Gasteiger partial charge in [-0.25, -0.2) is 8.42 Å². The molecular weight excluding hydrogens is 406 g/mol. The van der Waals surface area contributed by atoms with Gasteiger partial charge in [0.1, 0.15) is 12.3 Å². The summed E-state index contributed by atoms with van der Waals surface area (Å²) >= 11 is 0.